The Morgan fingerprint density at radius 1 is 1.07 bits per heavy atom. The van der Waals surface area contributed by atoms with E-state index in [1.165, 1.54) is 31.0 Å². The van der Waals surface area contributed by atoms with Crippen LogP contribution in [0, 0.1) is 13.8 Å². The van der Waals surface area contributed by atoms with Gasteiger partial charge in [-0.3, -0.25) is 14.3 Å². The van der Waals surface area contributed by atoms with E-state index >= 15 is 0 Å². The van der Waals surface area contributed by atoms with Gasteiger partial charge in [-0.25, -0.2) is 0 Å². The number of nitrogens with one attached hydrogen (secondary N) is 1. The number of carbonyl (C=O) groups excluding carboxylic acids is 1. The van der Waals surface area contributed by atoms with Crippen molar-refractivity contribution in [3.8, 4) is 11.4 Å². The van der Waals surface area contributed by atoms with Crippen molar-refractivity contribution in [3.05, 3.63) is 53.9 Å². The largest absolute Gasteiger partial charge is 0.325 e. The summed E-state index contributed by atoms with van der Waals surface area (Å²) >= 11 is 1.45. The van der Waals surface area contributed by atoms with Crippen LogP contribution in [-0.2, 0) is 4.79 Å². The summed E-state index contributed by atoms with van der Waals surface area (Å²) in [7, 11) is 0. The molecule has 1 aliphatic carbocycles. The van der Waals surface area contributed by atoms with Crippen molar-refractivity contribution in [2.75, 3.05) is 11.1 Å². The maximum atomic E-state index is 12.6. The Morgan fingerprint density at radius 2 is 1.77 bits per heavy atom. The first-order valence-corrected chi connectivity index (χ1v) is 11.4. The zero-order chi connectivity index (χ0) is 20.9. The number of aryl methyl sites for hydroxylation is 2. The van der Waals surface area contributed by atoms with Gasteiger partial charge in [-0.2, -0.15) is 0 Å². The molecule has 0 unspecified atom stereocenters. The number of nitrogens with zero attached hydrogens (tertiary/aromatic N) is 4. The van der Waals surface area contributed by atoms with Gasteiger partial charge >= 0.3 is 0 Å². The molecule has 0 atom stereocenters. The van der Waals surface area contributed by atoms with Gasteiger partial charge in [-0.1, -0.05) is 37.1 Å². The molecule has 30 heavy (non-hydrogen) atoms. The molecule has 0 spiro atoms. The number of hydrogen-bond donors (Lipinski definition) is 1. The first-order valence-electron chi connectivity index (χ1n) is 10.5. The minimum atomic E-state index is -0.0337. The number of benzene rings is 1. The Kier molecular flexibility index (Phi) is 6.47. The van der Waals surface area contributed by atoms with Crippen molar-refractivity contribution in [3.63, 3.8) is 0 Å². The predicted octanol–water partition coefficient (Wildman–Crippen LogP) is 5.19. The van der Waals surface area contributed by atoms with Gasteiger partial charge in [0.2, 0.25) is 5.91 Å². The molecule has 1 fully saturated rings. The normalized spacial score (nSPS) is 14.6. The smallest absolute Gasteiger partial charge is 0.234 e. The summed E-state index contributed by atoms with van der Waals surface area (Å²) in [5.41, 5.74) is 4.12. The van der Waals surface area contributed by atoms with E-state index < -0.39 is 0 Å². The molecule has 0 radical (unpaired) electrons. The first kappa shape index (κ1) is 20.6. The summed E-state index contributed by atoms with van der Waals surface area (Å²) in [6.07, 6.45) is 9.52. The van der Waals surface area contributed by atoms with E-state index in [2.05, 4.69) is 31.1 Å². The number of carbonyl (C=O) groups is 1. The zero-order valence-corrected chi connectivity index (χ0v) is 18.3. The second-order valence-corrected chi connectivity index (χ2v) is 8.86. The highest BCUT2D eigenvalue weighted by molar-refractivity contribution is 7.99. The van der Waals surface area contributed by atoms with Crippen LogP contribution in [-0.4, -0.2) is 31.4 Å². The molecule has 1 N–H and O–H groups in total. The number of hydrogen-bond acceptors (Lipinski definition) is 5. The fourth-order valence-corrected chi connectivity index (χ4v) is 4.92. The average molecular weight is 422 g/mol. The summed E-state index contributed by atoms with van der Waals surface area (Å²) in [6, 6.07) is 10.4. The van der Waals surface area contributed by atoms with Crippen molar-refractivity contribution in [1.82, 2.24) is 19.7 Å². The Balaban J connectivity index is 1.52. The van der Waals surface area contributed by atoms with E-state index in [9.17, 15) is 4.79 Å². The van der Waals surface area contributed by atoms with Crippen LogP contribution in [0.3, 0.4) is 0 Å². The fourth-order valence-electron chi connectivity index (χ4n) is 4.12. The molecule has 0 saturated heterocycles. The molecule has 1 amide bonds. The lowest BCUT2D eigenvalue weighted by molar-refractivity contribution is -0.113. The monoisotopic (exact) mass is 421 g/mol. The van der Waals surface area contributed by atoms with Crippen molar-refractivity contribution < 1.29 is 4.79 Å². The Bertz CT molecular complexity index is 991. The number of thioether (sulfide) groups is 1. The van der Waals surface area contributed by atoms with E-state index in [4.69, 9.17) is 0 Å². The van der Waals surface area contributed by atoms with Crippen molar-refractivity contribution in [2.45, 2.75) is 57.1 Å². The topological polar surface area (TPSA) is 72.7 Å². The van der Waals surface area contributed by atoms with Gasteiger partial charge in [0.1, 0.15) is 0 Å². The molecule has 1 saturated carbocycles. The minimum absolute atomic E-state index is 0.0337. The molecule has 1 aliphatic rings. The Hall–Kier alpha value is -2.67. The van der Waals surface area contributed by atoms with Crippen molar-refractivity contribution in [1.29, 1.82) is 0 Å². The summed E-state index contributed by atoms with van der Waals surface area (Å²) < 4.78 is 2.24. The van der Waals surface area contributed by atoms with E-state index in [-0.39, 0.29) is 5.91 Å². The SMILES string of the molecule is Cc1cc(C)cc(NC(=O)CSc2nnc(-c3ccncc3)n2C2CCCCC2)c1. The molecule has 3 aromatic rings. The summed E-state index contributed by atoms with van der Waals surface area (Å²) in [6.45, 7) is 4.06. The molecular formula is C23H27N5OS. The molecule has 0 bridgehead atoms. The molecule has 6 nitrogen and oxygen atoms in total. The molecule has 0 aliphatic heterocycles. The van der Waals surface area contributed by atoms with Gasteiger partial charge in [0.05, 0.1) is 5.75 Å². The predicted molar refractivity (Wildman–Crippen MR) is 121 cm³/mol. The second-order valence-electron chi connectivity index (χ2n) is 7.92. The third-order valence-corrected chi connectivity index (χ3v) is 6.32. The first-order chi connectivity index (χ1) is 14.6. The van der Waals surface area contributed by atoms with Gasteiger partial charge < -0.3 is 5.32 Å². The quantitative estimate of drug-likeness (QED) is 0.554. The molecule has 2 aromatic heterocycles. The van der Waals surface area contributed by atoms with Crippen LogP contribution >= 0.6 is 11.8 Å². The highest BCUT2D eigenvalue weighted by atomic mass is 32.2. The number of pyridine rings is 1. The van der Waals surface area contributed by atoms with Gasteiger partial charge in [0.15, 0.2) is 11.0 Å². The highest BCUT2D eigenvalue weighted by Gasteiger charge is 2.24. The standard InChI is InChI=1S/C23H27N5OS/c1-16-12-17(2)14-19(13-16)25-21(29)15-30-23-27-26-22(18-8-10-24-11-9-18)28(23)20-6-4-3-5-7-20/h8-14,20H,3-7,15H2,1-2H3,(H,25,29). The molecule has 7 heteroatoms. The van der Waals surface area contributed by atoms with Crippen LogP contribution in [0.2, 0.25) is 0 Å². The van der Waals surface area contributed by atoms with E-state index in [1.807, 2.05) is 38.1 Å². The van der Waals surface area contributed by atoms with Gasteiger partial charge in [0, 0.05) is 29.7 Å². The zero-order valence-electron chi connectivity index (χ0n) is 17.5. The molecule has 1 aromatic carbocycles. The third kappa shape index (κ3) is 4.90. The fraction of sp³-hybridized carbons (Fsp3) is 0.391. The summed E-state index contributed by atoms with van der Waals surface area (Å²) in [5.74, 6) is 1.13. The number of amides is 1. The van der Waals surface area contributed by atoms with E-state index in [0.717, 1.165) is 46.2 Å². The van der Waals surface area contributed by atoms with Crippen LogP contribution < -0.4 is 5.32 Å². The lowest BCUT2D eigenvalue weighted by Crippen LogP contribution is -2.17. The van der Waals surface area contributed by atoms with Crippen LogP contribution in [0.1, 0.15) is 49.3 Å². The lowest BCUT2D eigenvalue weighted by atomic mass is 9.95. The van der Waals surface area contributed by atoms with Crippen LogP contribution in [0.15, 0.2) is 47.9 Å². The van der Waals surface area contributed by atoms with Crippen molar-refractivity contribution >= 4 is 23.4 Å². The molecular weight excluding hydrogens is 394 g/mol. The maximum absolute atomic E-state index is 12.6. The molecule has 156 valence electrons. The number of anilines is 1. The van der Waals surface area contributed by atoms with Crippen LogP contribution in [0.4, 0.5) is 5.69 Å². The van der Waals surface area contributed by atoms with Crippen LogP contribution in [0.5, 0.6) is 0 Å². The Morgan fingerprint density at radius 3 is 2.47 bits per heavy atom. The molecule has 4 rings (SSSR count). The van der Waals surface area contributed by atoms with Crippen LogP contribution in [0.25, 0.3) is 11.4 Å². The van der Waals surface area contributed by atoms with Crippen molar-refractivity contribution in [2.24, 2.45) is 0 Å². The minimum Gasteiger partial charge on any atom is -0.325 e. The number of aromatic nitrogens is 4. The summed E-state index contributed by atoms with van der Waals surface area (Å²) in [4.78, 5) is 16.7. The van der Waals surface area contributed by atoms with Gasteiger partial charge in [-0.05, 0) is 62.1 Å². The highest BCUT2D eigenvalue weighted by Crippen LogP contribution is 2.35. The van der Waals surface area contributed by atoms with E-state index in [0.29, 0.717) is 11.8 Å². The average Bonchev–Trinajstić information content (AvgIpc) is 3.17. The van der Waals surface area contributed by atoms with E-state index in [1.54, 1.807) is 12.4 Å². The maximum Gasteiger partial charge on any atom is 0.234 e. The third-order valence-electron chi connectivity index (χ3n) is 5.38. The van der Waals surface area contributed by atoms with Gasteiger partial charge in [-0.15, -0.1) is 10.2 Å². The van der Waals surface area contributed by atoms with Gasteiger partial charge in [0.25, 0.3) is 0 Å². The lowest BCUT2D eigenvalue weighted by Gasteiger charge is -2.25. The summed E-state index contributed by atoms with van der Waals surface area (Å²) in [5, 5.41) is 12.7. The molecule has 2 heterocycles. The Labute approximate surface area is 181 Å². The number of rotatable bonds is 6. The second kappa shape index (κ2) is 9.43.